The summed E-state index contributed by atoms with van der Waals surface area (Å²) in [5, 5.41) is 9.34. The summed E-state index contributed by atoms with van der Waals surface area (Å²) in [5.74, 6) is 2.78. The van der Waals surface area contributed by atoms with Crippen LogP contribution in [0.5, 0.6) is 0 Å². The zero-order valence-corrected chi connectivity index (χ0v) is 19.8. The number of carbonyl (C=O) groups excluding carboxylic acids is 1. The molecule has 0 saturated heterocycles. The van der Waals surface area contributed by atoms with Crippen LogP contribution in [0.1, 0.15) is 53.8 Å². The number of nitrogens with one attached hydrogen (secondary N) is 2. The fourth-order valence-corrected chi connectivity index (χ4v) is 5.53. The molecule has 5 rings (SSSR count). The molecule has 7 nitrogen and oxygen atoms in total. The molecular formula is C22H25BN6OS2. The van der Waals surface area contributed by atoms with Crippen LogP contribution in [0.3, 0.4) is 0 Å². The van der Waals surface area contributed by atoms with Crippen molar-refractivity contribution in [2.45, 2.75) is 45.1 Å². The van der Waals surface area contributed by atoms with Crippen LogP contribution in [-0.2, 0) is 0 Å². The molecule has 0 aromatic carbocycles. The molecular weight excluding hydrogens is 439 g/mol. The Labute approximate surface area is 196 Å². The fourth-order valence-electron chi connectivity index (χ4n) is 4.18. The van der Waals surface area contributed by atoms with Gasteiger partial charge in [0.2, 0.25) is 0 Å². The second kappa shape index (κ2) is 9.11. The number of hydrogen-bond acceptors (Lipinski definition) is 7. The molecule has 0 bridgehead atoms. The van der Waals surface area contributed by atoms with Crippen molar-refractivity contribution < 1.29 is 4.79 Å². The molecule has 2 N–H and O–H groups in total. The second-order valence-corrected chi connectivity index (χ2v) is 10.2. The number of nitrogens with zero attached hydrogens (tertiary/aromatic N) is 4. The van der Waals surface area contributed by atoms with Crippen molar-refractivity contribution in [2.24, 2.45) is 0 Å². The zero-order chi connectivity index (χ0) is 22.1. The van der Waals surface area contributed by atoms with Crippen LogP contribution >= 0.6 is 23.1 Å². The molecule has 164 valence electrons. The molecule has 0 spiro atoms. The minimum atomic E-state index is 0.00431. The van der Waals surface area contributed by atoms with Crippen LogP contribution < -0.4 is 10.6 Å². The first-order valence-corrected chi connectivity index (χ1v) is 12.6. The van der Waals surface area contributed by atoms with E-state index in [9.17, 15) is 4.79 Å². The van der Waals surface area contributed by atoms with Gasteiger partial charge in [0.25, 0.3) is 0 Å². The number of amides is 1. The number of fused-ring (bicyclic) bond motifs is 1. The van der Waals surface area contributed by atoms with Crippen LogP contribution in [0.25, 0.3) is 11.2 Å². The molecule has 3 aromatic heterocycles. The van der Waals surface area contributed by atoms with Crippen LogP contribution in [-0.4, -0.2) is 49.8 Å². The summed E-state index contributed by atoms with van der Waals surface area (Å²) in [6, 6.07) is 2.20. The first-order chi connectivity index (χ1) is 15.6. The van der Waals surface area contributed by atoms with Crippen molar-refractivity contribution in [1.82, 2.24) is 24.0 Å². The van der Waals surface area contributed by atoms with E-state index in [0.29, 0.717) is 17.4 Å². The fraction of sp³-hybridized carbons (Fsp3) is 0.364. The van der Waals surface area contributed by atoms with Gasteiger partial charge in [-0.2, -0.15) is 0 Å². The van der Waals surface area contributed by atoms with E-state index in [1.165, 1.54) is 30.6 Å². The third kappa shape index (κ3) is 4.47. The van der Waals surface area contributed by atoms with Gasteiger partial charge in [0.05, 0.1) is 0 Å². The Balaban J connectivity index is 1.38. The number of hydrogen-bond donors (Lipinski definition) is 2. The Morgan fingerprint density at radius 3 is 2.94 bits per heavy atom. The van der Waals surface area contributed by atoms with Gasteiger partial charge in [-0.25, -0.2) is 0 Å². The van der Waals surface area contributed by atoms with Crippen molar-refractivity contribution in [1.29, 1.82) is 0 Å². The number of aryl methyl sites for hydroxylation is 1. The van der Waals surface area contributed by atoms with Crippen LogP contribution in [0, 0.1) is 6.92 Å². The van der Waals surface area contributed by atoms with E-state index in [4.69, 9.17) is 0 Å². The summed E-state index contributed by atoms with van der Waals surface area (Å²) in [5.41, 5.74) is 4.43. The maximum absolute atomic E-state index is 12.7. The van der Waals surface area contributed by atoms with Crippen LogP contribution in [0.2, 0.25) is 0 Å². The molecule has 2 aliphatic rings. The predicted molar refractivity (Wildman–Crippen MR) is 135 cm³/mol. The first-order valence-electron chi connectivity index (χ1n) is 10.9. The van der Waals surface area contributed by atoms with Gasteiger partial charge in [0, 0.05) is 6.04 Å². The number of anilines is 2. The Kier molecular flexibility index (Phi) is 6.06. The van der Waals surface area contributed by atoms with Gasteiger partial charge >= 0.3 is 158 Å². The van der Waals surface area contributed by atoms with E-state index in [1.54, 1.807) is 11.8 Å². The van der Waals surface area contributed by atoms with Gasteiger partial charge in [0.1, 0.15) is 0 Å². The van der Waals surface area contributed by atoms with Gasteiger partial charge in [-0.1, -0.05) is 19.3 Å². The molecule has 0 atom stereocenters. The molecule has 32 heavy (non-hydrogen) atoms. The number of thiophene rings is 1. The zero-order valence-electron chi connectivity index (χ0n) is 18.2. The standard InChI is InChI=1S/C22H25BN6OS2/c1-14-11-29-18(16-9-23-32-28(2)12-16)10-24-21(29)20(25-14)27-19-8-15(13-31-19)22(30)26-17-6-4-3-5-7-17/h8-13,17H,3-7H2,1-2H3,(H,25,27)(H,26,30). The Morgan fingerprint density at radius 2 is 2.12 bits per heavy atom. The quantitative estimate of drug-likeness (QED) is 0.434. The Hall–Kier alpha value is -2.59. The second-order valence-electron chi connectivity index (χ2n) is 8.24. The molecule has 0 radical (unpaired) electrons. The topological polar surface area (TPSA) is 74.6 Å². The van der Waals surface area contributed by atoms with E-state index in [0.717, 1.165) is 40.5 Å². The average molecular weight is 464 g/mol. The van der Waals surface area contributed by atoms with Crippen LogP contribution in [0.15, 0.2) is 30.0 Å². The van der Waals surface area contributed by atoms with Gasteiger partial charge in [-0.05, 0) is 12.8 Å². The van der Waals surface area contributed by atoms with Crippen molar-refractivity contribution in [3.63, 3.8) is 0 Å². The van der Waals surface area contributed by atoms with Crippen molar-refractivity contribution in [2.75, 3.05) is 12.4 Å². The van der Waals surface area contributed by atoms with Gasteiger partial charge in [-0.15, -0.1) is 0 Å². The number of carbonyl (C=O) groups is 1. The molecule has 1 fully saturated rings. The van der Waals surface area contributed by atoms with Crippen molar-refractivity contribution in [3.8, 4) is 0 Å². The molecule has 3 aromatic rings. The van der Waals surface area contributed by atoms with E-state index in [1.807, 2.05) is 37.8 Å². The molecule has 4 heterocycles. The molecule has 1 aliphatic heterocycles. The first kappa shape index (κ1) is 21.3. The summed E-state index contributed by atoms with van der Waals surface area (Å²) in [4.78, 5) is 22.0. The number of rotatable bonds is 5. The molecule has 1 aliphatic carbocycles. The third-order valence-corrected chi connectivity index (χ3v) is 7.29. The number of allylic oxidation sites excluding steroid dienone is 1. The summed E-state index contributed by atoms with van der Waals surface area (Å²) < 4.78 is 4.13. The Bertz CT molecular complexity index is 1210. The predicted octanol–water partition coefficient (Wildman–Crippen LogP) is 4.26. The molecule has 1 saturated carbocycles. The summed E-state index contributed by atoms with van der Waals surface area (Å²) in [7, 11) is 2.02. The molecule has 0 unspecified atom stereocenters. The maximum atomic E-state index is 12.7. The average Bonchev–Trinajstić information content (AvgIpc) is 3.42. The van der Waals surface area contributed by atoms with Gasteiger partial charge < -0.3 is 0 Å². The number of imidazole rings is 1. The summed E-state index contributed by atoms with van der Waals surface area (Å²) in [6.45, 7) is 1.97. The van der Waals surface area contributed by atoms with Gasteiger partial charge in [0.15, 0.2) is 0 Å². The van der Waals surface area contributed by atoms with E-state index in [-0.39, 0.29) is 5.91 Å². The minimum absolute atomic E-state index is 0.00431. The molecule has 10 heteroatoms. The third-order valence-electron chi connectivity index (χ3n) is 5.75. The van der Waals surface area contributed by atoms with E-state index in [2.05, 4.69) is 47.7 Å². The number of aromatic nitrogens is 3. The monoisotopic (exact) mass is 464 g/mol. The normalized spacial score (nSPS) is 16.7. The van der Waals surface area contributed by atoms with E-state index >= 15 is 0 Å². The van der Waals surface area contributed by atoms with Crippen molar-refractivity contribution in [3.05, 3.63) is 47.0 Å². The van der Waals surface area contributed by atoms with E-state index < -0.39 is 0 Å². The Morgan fingerprint density at radius 1 is 1.28 bits per heavy atom. The van der Waals surface area contributed by atoms with Gasteiger partial charge in [-0.3, -0.25) is 0 Å². The summed E-state index contributed by atoms with van der Waals surface area (Å²) in [6.07, 6.45) is 13.9. The molecule has 1 amide bonds. The van der Waals surface area contributed by atoms with Crippen LogP contribution in [0.4, 0.5) is 10.8 Å². The SMILES string of the molecule is Cc1cn2c(C3=CN(C)SB=C3)cnc2c(Nc2cc(C(=O)NC3CCCCC3)cs2)n1. The van der Waals surface area contributed by atoms with Crippen molar-refractivity contribution >= 4 is 63.2 Å². The summed E-state index contributed by atoms with van der Waals surface area (Å²) >= 11 is 3.14.